The van der Waals surface area contributed by atoms with Gasteiger partial charge in [-0.1, -0.05) is 81.8 Å². The fraction of sp³-hybridized carbons (Fsp3) is 0.353. The van der Waals surface area contributed by atoms with E-state index in [0.29, 0.717) is 17.4 Å². The first-order valence-electron chi connectivity index (χ1n) is 13.8. The lowest BCUT2D eigenvalue weighted by Crippen LogP contribution is -2.14. The van der Waals surface area contributed by atoms with Gasteiger partial charge in [0.1, 0.15) is 0 Å². The molecule has 0 bridgehead atoms. The van der Waals surface area contributed by atoms with E-state index in [0.717, 1.165) is 39.3 Å². The van der Waals surface area contributed by atoms with Crippen molar-refractivity contribution in [2.75, 3.05) is 5.32 Å². The van der Waals surface area contributed by atoms with Crippen molar-refractivity contribution in [2.45, 2.75) is 71.6 Å². The highest BCUT2D eigenvalue weighted by Crippen LogP contribution is 2.37. The Hall–Kier alpha value is -3.46. The number of fused-ring (bicyclic) bond motifs is 1. The number of anilines is 1. The molecule has 0 unspecified atom stereocenters. The van der Waals surface area contributed by atoms with Crippen molar-refractivity contribution in [1.29, 1.82) is 0 Å². The number of carbonyl (C=O) groups excluding carboxylic acids is 1. The number of nitrogens with one attached hydrogen (secondary N) is 1. The second-order valence-electron chi connectivity index (χ2n) is 11.0. The van der Waals surface area contributed by atoms with Gasteiger partial charge in [-0.25, -0.2) is 0 Å². The Morgan fingerprint density at radius 3 is 2.32 bits per heavy atom. The van der Waals surface area contributed by atoms with Crippen molar-refractivity contribution >= 4 is 22.5 Å². The van der Waals surface area contributed by atoms with Gasteiger partial charge in [0.25, 0.3) is 5.91 Å². The molecule has 3 heteroatoms. The third-order valence-corrected chi connectivity index (χ3v) is 8.15. The molecule has 1 fully saturated rings. The molecule has 1 saturated carbocycles. The number of carbonyl (C=O) groups is 1. The Morgan fingerprint density at radius 2 is 1.62 bits per heavy atom. The molecule has 1 aromatic heterocycles. The quantitative estimate of drug-likeness (QED) is 0.293. The smallest absolute Gasteiger partial charge is 0.256 e. The molecule has 1 aliphatic rings. The molecular weight excluding hydrogens is 452 g/mol. The fourth-order valence-electron chi connectivity index (χ4n) is 5.88. The van der Waals surface area contributed by atoms with Crippen LogP contribution in [0.4, 0.5) is 5.69 Å². The molecule has 0 atom stereocenters. The Bertz CT molecular complexity index is 1400. The lowest BCUT2D eigenvalue weighted by Gasteiger charge is -2.28. The van der Waals surface area contributed by atoms with E-state index in [2.05, 4.69) is 68.6 Å². The number of para-hydroxylation sites is 1. The SMILES string of the molecule is CCC1CCC(c2ccc(-c3ccc4c(C(=O)Nc5ccccc5C(C)C)cc(C)nc4c3)cc2)CC1. The van der Waals surface area contributed by atoms with Crippen molar-refractivity contribution < 1.29 is 4.79 Å². The number of aryl methyl sites for hydroxylation is 1. The maximum absolute atomic E-state index is 13.4. The zero-order chi connectivity index (χ0) is 25.9. The Kier molecular flexibility index (Phi) is 7.41. The minimum Gasteiger partial charge on any atom is -0.322 e. The molecule has 0 saturated heterocycles. The number of aromatic nitrogens is 1. The zero-order valence-electron chi connectivity index (χ0n) is 22.6. The highest BCUT2D eigenvalue weighted by molar-refractivity contribution is 6.13. The van der Waals surface area contributed by atoms with E-state index in [-0.39, 0.29) is 5.91 Å². The molecule has 0 spiro atoms. The molecular formula is C34H38N2O. The molecule has 190 valence electrons. The van der Waals surface area contributed by atoms with Gasteiger partial charge in [0.15, 0.2) is 0 Å². The van der Waals surface area contributed by atoms with Gasteiger partial charge in [0, 0.05) is 16.8 Å². The number of pyridine rings is 1. The van der Waals surface area contributed by atoms with Gasteiger partial charge < -0.3 is 5.32 Å². The largest absolute Gasteiger partial charge is 0.322 e. The number of hydrogen-bond donors (Lipinski definition) is 1. The van der Waals surface area contributed by atoms with Crippen LogP contribution < -0.4 is 5.32 Å². The third-order valence-electron chi connectivity index (χ3n) is 8.15. The Labute approximate surface area is 221 Å². The van der Waals surface area contributed by atoms with Crippen LogP contribution in [0.15, 0.2) is 72.8 Å². The van der Waals surface area contributed by atoms with Crippen LogP contribution in [0.1, 0.15) is 91.9 Å². The van der Waals surface area contributed by atoms with E-state index in [4.69, 9.17) is 4.98 Å². The lowest BCUT2D eigenvalue weighted by atomic mass is 9.77. The van der Waals surface area contributed by atoms with Crippen LogP contribution in [0, 0.1) is 12.8 Å². The monoisotopic (exact) mass is 490 g/mol. The van der Waals surface area contributed by atoms with E-state index in [1.54, 1.807) is 0 Å². The van der Waals surface area contributed by atoms with Gasteiger partial charge in [0.2, 0.25) is 0 Å². The number of amides is 1. The van der Waals surface area contributed by atoms with Crippen molar-refractivity contribution in [3.05, 3.63) is 95.2 Å². The van der Waals surface area contributed by atoms with Gasteiger partial charge in [-0.3, -0.25) is 9.78 Å². The van der Waals surface area contributed by atoms with Crippen LogP contribution in [0.5, 0.6) is 0 Å². The topological polar surface area (TPSA) is 42.0 Å². The molecule has 1 N–H and O–H groups in total. The minimum atomic E-state index is -0.0986. The van der Waals surface area contributed by atoms with Crippen molar-refractivity contribution in [3.63, 3.8) is 0 Å². The van der Waals surface area contributed by atoms with E-state index in [1.165, 1.54) is 43.2 Å². The first-order chi connectivity index (χ1) is 17.9. The standard InChI is InChI=1S/C34H38N2O/c1-5-24-10-12-25(13-11-24)26-14-16-27(17-15-26)28-18-19-30-31(20-23(4)35-33(30)21-28)34(37)36-32-9-7-6-8-29(32)22(2)3/h6-9,14-22,24-25H,5,10-13H2,1-4H3,(H,36,37). The number of benzene rings is 3. The maximum atomic E-state index is 13.4. The summed E-state index contributed by atoms with van der Waals surface area (Å²) in [4.78, 5) is 18.2. The molecule has 1 amide bonds. The Balaban J connectivity index is 1.40. The molecule has 5 rings (SSSR count). The summed E-state index contributed by atoms with van der Waals surface area (Å²) in [5.74, 6) is 1.84. The van der Waals surface area contributed by atoms with Gasteiger partial charge in [-0.05, 0) is 90.8 Å². The van der Waals surface area contributed by atoms with Crippen molar-refractivity contribution in [1.82, 2.24) is 4.98 Å². The van der Waals surface area contributed by atoms with Crippen molar-refractivity contribution in [3.8, 4) is 11.1 Å². The molecule has 1 heterocycles. The number of rotatable bonds is 6. The second kappa shape index (κ2) is 10.9. The van der Waals surface area contributed by atoms with Crippen LogP contribution >= 0.6 is 0 Å². The molecule has 4 aromatic rings. The van der Waals surface area contributed by atoms with E-state index >= 15 is 0 Å². The molecule has 37 heavy (non-hydrogen) atoms. The van der Waals surface area contributed by atoms with Gasteiger partial charge in [0.05, 0.1) is 11.1 Å². The first-order valence-corrected chi connectivity index (χ1v) is 13.8. The molecule has 1 aliphatic carbocycles. The summed E-state index contributed by atoms with van der Waals surface area (Å²) in [6.45, 7) is 8.55. The molecule has 0 radical (unpaired) electrons. The predicted octanol–water partition coefficient (Wildman–Crippen LogP) is 9.27. The number of nitrogens with zero attached hydrogens (tertiary/aromatic N) is 1. The van der Waals surface area contributed by atoms with Gasteiger partial charge in [-0.2, -0.15) is 0 Å². The summed E-state index contributed by atoms with van der Waals surface area (Å²) < 4.78 is 0. The average molecular weight is 491 g/mol. The minimum absolute atomic E-state index is 0.0986. The maximum Gasteiger partial charge on any atom is 0.256 e. The van der Waals surface area contributed by atoms with Gasteiger partial charge in [-0.15, -0.1) is 0 Å². The van der Waals surface area contributed by atoms with Crippen LogP contribution in [0.3, 0.4) is 0 Å². The molecule has 0 aliphatic heterocycles. The summed E-state index contributed by atoms with van der Waals surface area (Å²) in [6, 6.07) is 25.3. The third kappa shape index (κ3) is 5.46. The highest BCUT2D eigenvalue weighted by atomic mass is 16.1. The zero-order valence-corrected chi connectivity index (χ0v) is 22.6. The summed E-state index contributed by atoms with van der Waals surface area (Å²) in [5, 5.41) is 4.02. The van der Waals surface area contributed by atoms with Crippen LogP contribution in [-0.2, 0) is 0 Å². The molecule has 3 aromatic carbocycles. The van der Waals surface area contributed by atoms with Crippen LogP contribution in [0.2, 0.25) is 0 Å². The summed E-state index contributed by atoms with van der Waals surface area (Å²) in [7, 11) is 0. The average Bonchev–Trinajstić information content (AvgIpc) is 2.92. The molecule has 3 nitrogen and oxygen atoms in total. The lowest BCUT2D eigenvalue weighted by molar-refractivity contribution is 0.102. The van der Waals surface area contributed by atoms with E-state index < -0.39 is 0 Å². The summed E-state index contributed by atoms with van der Waals surface area (Å²) in [6.07, 6.45) is 6.65. The predicted molar refractivity (Wildman–Crippen MR) is 155 cm³/mol. The Morgan fingerprint density at radius 1 is 0.919 bits per heavy atom. The fourth-order valence-corrected chi connectivity index (χ4v) is 5.88. The highest BCUT2D eigenvalue weighted by Gasteiger charge is 2.21. The van der Waals surface area contributed by atoms with Crippen LogP contribution in [-0.4, -0.2) is 10.9 Å². The van der Waals surface area contributed by atoms with Crippen molar-refractivity contribution in [2.24, 2.45) is 5.92 Å². The van der Waals surface area contributed by atoms with E-state index in [1.807, 2.05) is 37.3 Å². The van der Waals surface area contributed by atoms with E-state index in [9.17, 15) is 4.79 Å². The summed E-state index contributed by atoms with van der Waals surface area (Å²) in [5.41, 5.74) is 8.13. The second-order valence-corrected chi connectivity index (χ2v) is 11.0. The van der Waals surface area contributed by atoms with Gasteiger partial charge >= 0.3 is 0 Å². The first kappa shape index (κ1) is 25.2. The number of hydrogen-bond acceptors (Lipinski definition) is 2. The van der Waals surface area contributed by atoms with Crippen LogP contribution in [0.25, 0.3) is 22.0 Å². The summed E-state index contributed by atoms with van der Waals surface area (Å²) >= 11 is 0. The normalized spacial score (nSPS) is 17.8.